The number of hydrogen-bond donors (Lipinski definition) is 1. The van der Waals surface area contributed by atoms with Crippen LogP contribution in [0.4, 0.5) is 0 Å². The van der Waals surface area contributed by atoms with Crippen molar-refractivity contribution in [2.45, 2.75) is 25.8 Å². The van der Waals surface area contributed by atoms with Crippen molar-refractivity contribution in [1.29, 1.82) is 0 Å². The summed E-state index contributed by atoms with van der Waals surface area (Å²) >= 11 is 6.00. The molecule has 0 spiro atoms. The van der Waals surface area contributed by atoms with Crippen molar-refractivity contribution >= 4 is 29.1 Å². The maximum absolute atomic E-state index is 13.2. The van der Waals surface area contributed by atoms with Gasteiger partial charge in [0.05, 0.1) is 31.4 Å². The van der Waals surface area contributed by atoms with Gasteiger partial charge in [-0.3, -0.25) is 14.5 Å². The molecule has 1 N–H and O–H groups in total. The first-order valence-electron chi connectivity index (χ1n) is 12.1. The number of amides is 1. The first kappa shape index (κ1) is 25.2. The van der Waals surface area contributed by atoms with Gasteiger partial charge in [-0.05, 0) is 54.8 Å². The van der Waals surface area contributed by atoms with Crippen molar-refractivity contribution in [3.8, 4) is 5.75 Å². The maximum atomic E-state index is 13.2. The van der Waals surface area contributed by atoms with Crippen molar-refractivity contribution in [3.63, 3.8) is 0 Å². The molecule has 7 nitrogen and oxygen atoms in total. The molecular formula is C27H31ClN2O5. The second kappa shape index (κ2) is 11.7. The van der Waals surface area contributed by atoms with Gasteiger partial charge in [0.1, 0.15) is 11.5 Å². The number of carbonyl (C=O) groups excluding carboxylic acids is 2. The first-order chi connectivity index (χ1) is 17.0. The molecule has 0 saturated carbocycles. The van der Waals surface area contributed by atoms with E-state index in [1.165, 1.54) is 0 Å². The van der Waals surface area contributed by atoms with E-state index in [4.69, 9.17) is 21.1 Å². The average molecular weight is 499 g/mol. The molecule has 2 saturated heterocycles. The number of nitrogens with zero attached hydrogens (tertiary/aromatic N) is 2. The molecule has 1 atom stereocenters. The summed E-state index contributed by atoms with van der Waals surface area (Å²) in [7, 11) is 0. The van der Waals surface area contributed by atoms with Gasteiger partial charge < -0.3 is 19.5 Å². The van der Waals surface area contributed by atoms with Crippen LogP contribution in [0.5, 0.6) is 5.75 Å². The standard InChI is InChI=1S/C27H31ClN2O5/c1-2-16-35-22-10-6-19(7-11-22)24-23(25(31)20-4-8-21(28)9-5-20)26(32)27(33)30(24)13-3-12-29-14-17-34-18-15-29/h4-11,24,31H,2-3,12-18H2,1H3/t24-/m1/s1. The molecule has 186 valence electrons. The minimum absolute atomic E-state index is 0.0888. The highest BCUT2D eigenvalue weighted by Gasteiger charge is 2.45. The zero-order chi connectivity index (χ0) is 24.8. The molecule has 2 heterocycles. The van der Waals surface area contributed by atoms with E-state index >= 15 is 0 Å². The molecule has 0 aliphatic carbocycles. The Kier molecular flexibility index (Phi) is 8.44. The van der Waals surface area contributed by atoms with Gasteiger partial charge in [-0.15, -0.1) is 0 Å². The molecule has 2 aromatic carbocycles. The Morgan fingerprint density at radius 2 is 1.74 bits per heavy atom. The Balaban J connectivity index is 1.64. The van der Waals surface area contributed by atoms with Crippen LogP contribution >= 0.6 is 11.6 Å². The van der Waals surface area contributed by atoms with Gasteiger partial charge in [-0.2, -0.15) is 0 Å². The predicted molar refractivity (Wildman–Crippen MR) is 135 cm³/mol. The fraction of sp³-hybridized carbons (Fsp3) is 0.407. The summed E-state index contributed by atoms with van der Waals surface area (Å²) in [6, 6.07) is 13.3. The maximum Gasteiger partial charge on any atom is 0.295 e. The summed E-state index contributed by atoms with van der Waals surface area (Å²) in [6.07, 6.45) is 1.61. The minimum Gasteiger partial charge on any atom is -0.507 e. The third kappa shape index (κ3) is 5.86. The molecule has 0 unspecified atom stereocenters. The monoisotopic (exact) mass is 498 g/mol. The molecule has 2 fully saturated rings. The summed E-state index contributed by atoms with van der Waals surface area (Å²) in [6.45, 7) is 6.98. The van der Waals surface area contributed by atoms with Crippen LogP contribution in [0.2, 0.25) is 5.02 Å². The lowest BCUT2D eigenvalue weighted by molar-refractivity contribution is -0.140. The molecule has 0 radical (unpaired) electrons. The van der Waals surface area contributed by atoms with Crippen LogP contribution in [-0.4, -0.2) is 72.6 Å². The highest BCUT2D eigenvalue weighted by molar-refractivity contribution is 6.46. The number of likely N-dealkylation sites (tertiary alicyclic amines) is 1. The third-order valence-corrected chi connectivity index (χ3v) is 6.56. The van der Waals surface area contributed by atoms with Crippen molar-refractivity contribution in [2.75, 3.05) is 46.0 Å². The van der Waals surface area contributed by atoms with E-state index in [1.807, 2.05) is 31.2 Å². The second-order valence-corrected chi connectivity index (χ2v) is 9.16. The fourth-order valence-electron chi connectivity index (χ4n) is 4.48. The van der Waals surface area contributed by atoms with Gasteiger partial charge in [-0.1, -0.05) is 30.7 Å². The van der Waals surface area contributed by atoms with Crippen LogP contribution in [0.3, 0.4) is 0 Å². The van der Waals surface area contributed by atoms with Crippen molar-refractivity contribution in [1.82, 2.24) is 9.80 Å². The van der Waals surface area contributed by atoms with Crippen LogP contribution in [0.25, 0.3) is 5.76 Å². The van der Waals surface area contributed by atoms with Gasteiger partial charge in [-0.25, -0.2) is 0 Å². The largest absolute Gasteiger partial charge is 0.507 e. The Morgan fingerprint density at radius 1 is 1.06 bits per heavy atom. The number of benzene rings is 2. The van der Waals surface area contributed by atoms with Crippen molar-refractivity contribution in [2.24, 2.45) is 0 Å². The number of ether oxygens (including phenoxy) is 2. The molecular weight excluding hydrogens is 468 g/mol. The highest BCUT2D eigenvalue weighted by Crippen LogP contribution is 2.40. The topological polar surface area (TPSA) is 79.3 Å². The summed E-state index contributed by atoms with van der Waals surface area (Å²) in [5.41, 5.74) is 1.27. The minimum atomic E-state index is -0.685. The van der Waals surface area contributed by atoms with E-state index in [1.54, 1.807) is 29.2 Å². The van der Waals surface area contributed by atoms with Gasteiger partial charge in [0, 0.05) is 36.8 Å². The van der Waals surface area contributed by atoms with E-state index in [0.29, 0.717) is 43.4 Å². The Labute approximate surface area is 210 Å². The summed E-state index contributed by atoms with van der Waals surface area (Å²) < 4.78 is 11.1. The van der Waals surface area contributed by atoms with E-state index in [-0.39, 0.29) is 11.3 Å². The lowest BCUT2D eigenvalue weighted by Gasteiger charge is -2.29. The molecule has 35 heavy (non-hydrogen) atoms. The Morgan fingerprint density at radius 3 is 2.40 bits per heavy atom. The number of carbonyl (C=O) groups is 2. The third-order valence-electron chi connectivity index (χ3n) is 6.30. The zero-order valence-corrected chi connectivity index (χ0v) is 20.7. The van der Waals surface area contributed by atoms with E-state index in [2.05, 4.69) is 4.90 Å². The number of hydrogen-bond acceptors (Lipinski definition) is 6. The average Bonchev–Trinajstić information content (AvgIpc) is 3.13. The van der Waals surface area contributed by atoms with E-state index in [0.717, 1.165) is 37.4 Å². The molecule has 2 aliphatic rings. The summed E-state index contributed by atoms with van der Waals surface area (Å²) in [5, 5.41) is 11.7. The predicted octanol–water partition coefficient (Wildman–Crippen LogP) is 4.27. The smallest absolute Gasteiger partial charge is 0.295 e. The summed E-state index contributed by atoms with van der Waals surface area (Å²) in [5.74, 6) is -0.761. The summed E-state index contributed by atoms with van der Waals surface area (Å²) in [4.78, 5) is 30.2. The van der Waals surface area contributed by atoms with E-state index < -0.39 is 17.7 Å². The molecule has 0 aromatic heterocycles. The molecule has 4 rings (SSSR count). The van der Waals surface area contributed by atoms with Crippen molar-refractivity contribution in [3.05, 3.63) is 70.3 Å². The number of aliphatic hydroxyl groups excluding tert-OH is 1. The lowest BCUT2D eigenvalue weighted by Crippen LogP contribution is -2.38. The Hall–Kier alpha value is -2.87. The quantitative estimate of drug-likeness (QED) is 0.316. The van der Waals surface area contributed by atoms with E-state index in [9.17, 15) is 14.7 Å². The van der Waals surface area contributed by atoms with Gasteiger partial charge in [0.25, 0.3) is 11.7 Å². The van der Waals surface area contributed by atoms with Crippen LogP contribution in [0.15, 0.2) is 54.1 Å². The first-order valence-corrected chi connectivity index (χ1v) is 12.4. The van der Waals surface area contributed by atoms with Crippen LogP contribution in [0, 0.1) is 0 Å². The number of aliphatic hydroxyl groups is 1. The number of rotatable bonds is 9. The molecule has 2 aliphatic heterocycles. The SMILES string of the molecule is CCCOc1ccc([C@@H]2C(=C(O)c3ccc(Cl)cc3)C(=O)C(=O)N2CCCN2CCOCC2)cc1. The van der Waals surface area contributed by atoms with Crippen LogP contribution in [-0.2, 0) is 14.3 Å². The van der Waals surface area contributed by atoms with Crippen LogP contribution < -0.4 is 4.74 Å². The van der Waals surface area contributed by atoms with Crippen molar-refractivity contribution < 1.29 is 24.2 Å². The number of ketones is 1. The highest BCUT2D eigenvalue weighted by atomic mass is 35.5. The fourth-order valence-corrected chi connectivity index (χ4v) is 4.60. The molecule has 2 aromatic rings. The van der Waals surface area contributed by atoms with Crippen LogP contribution in [0.1, 0.15) is 36.9 Å². The number of morpholine rings is 1. The second-order valence-electron chi connectivity index (χ2n) is 8.72. The normalized spacial score (nSPS) is 20.4. The zero-order valence-electron chi connectivity index (χ0n) is 19.9. The number of halogens is 1. The molecule has 8 heteroatoms. The van der Waals surface area contributed by atoms with Gasteiger partial charge in [0.15, 0.2) is 0 Å². The Bertz CT molecular complexity index is 1060. The lowest BCUT2D eigenvalue weighted by atomic mass is 9.95. The number of Topliss-reactive ketones (excluding diaryl/α,β-unsaturated/α-hetero) is 1. The molecule has 0 bridgehead atoms. The van der Waals surface area contributed by atoms with Gasteiger partial charge >= 0.3 is 0 Å². The van der Waals surface area contributed by atoms with Gasteiger partial charge in [0.2, 0.25) is 0 Å². The molecule has 1 amide bonds.